The van der Waals surface area contributed by atoms with Crippen LogP contribution in [0.3, 0.4) is 0 Å². The van der Waals surface area contributed by atoms with Gasteiger partial charge in [-0.15, -0.1) is 0 Å². The van der Waals surface area contributed by atoms with E-state index in [1.807, 2.05) is 6.92 Å². The molecule has 1 saturated heterocycles. The molecule has 1 heterocycles. The minimum absolute atomic E-state index is 0.583. The molecule has 1 aliphatic heterocycles. The number of benzene rings is 1. The zero-order valence-electron chi connectivity index (χ0n) is 11.6. The summed E-state index contributed by atoms with van der Waals surface area (Å²) in [4.78, 5) is 13.1. The molecule has 1 unspecified atom stereocenters. The molecule has 0 aliphatic carbocycles. The molecule has 1 fully saturated rings. The van der Waals surface area contributed by atoms with Gasteiger partial charge in [0.25, 0.3) is 0 Å². The van der Waals surface area contributed by atoms with Crippen molar-refractivity contribution in [1.82, 2.24) is 0 Å². The van der Waals surface area contributed by atoms with E-state index in [4.69, 9.17) is 5.11 Å². The van der Waals surface area contributed by atoms with E-state index < -0.39 is 5.97 Å². The van der Waals surface area contributed by atoms with Crippen LogP contribution in [-0.2, 0) is 4.79 Å². The van der Waals surface area contributed by atoms with Crippen molar-refractivity contribution in [3.63, 3.8) is 0 Å². The smallest absolute Gasteiger partial charge is 0.328 e. The number of hydrogen-bond donors (Lipinski definition) is 1. The molecule has 0 spiro atoms. The number of aliphatic carboxylic acids is 1. The van der Waals surface area contributed by atoms with Gasteiger partial charge in [-0.1, -0.05) is 18.6 Å². The molecule has 1 aromatic rings. The third-order valence-corrected chi connectivity index (χ3v) is 3.75. The van der Waals surface area contributed by atoms with E-state index in [2.05, 4.69) is 30.0 Å². The summed E-state index contributed by atoms with van der Waals surface area (Å²) in [5.41, 5.74) is 3.32. The van der Waals surface area contributed by atoms with Crippen LogP contribution in [0.2, 0.25) is 0 Å². The Kier molecular flexibility index (Phi) is 4.25. The Morgan fingerprint density at radius 3 is 3.00 bits per heavy atom. The number of carboxylic acids is 1. The molecule has 1 atom stereocenters. The fraction of sp³-hybridized carbons (Fsp3) is 0.438. The lowest BCUT2D eigenvalue weighted by atomic mass is 10.1. The van der Waals surface area contributed by atoms with Crippen molar-refractivity contribution in [3.05, 3.63) is 35.4 Å². The number of aryl methyl sites for hydroxylation is 1. The number of anilines is 1. The monoisotopic (exact) mass is 259 g/mol. The van der Waals surface area contributed by atoms with Crippen LogP contribution in [0.4, 0.5) is 5.69 Å². The van der Waals surface area contributed by atoms with Crippen molar-refractivity contribution in [3.8, 4) is 0 Å². The first kappa shape index (κ1) is 13.7. The van der Waals surface area contributed by atoms with E-state index in [1.165, 1.54) is 18.9 Å². The van der Waals surface area contributed by atoms with Gasteiger partial charge in [0.15, 0.2) is 0 Å². The molecule has 102 valence electrons. The normalized spacial score (nSPS) is 19.3. The van der Waals surface area contributed by atoms with Crippen LogP contribution in [0.25, 0.3) is 6.08 Å². The van der Waals surface area contributed by atoms with Crippen molar-refractivity contribution in [1.29, 1.82) is 0 Å². The molecule has 1 aliphatic rings. The highest BCUT2D eigenvalue weighted by molar-refractivity contribution is 5.87. The summed E-state index contributed by atoms with van der Waals surface area (Å²) >= 11 is 0. The highest BCUT2D eigenvalue weighted by atomic mass is 16.4. The summed E-state index contributed by atoms with van der Waals surface area (Å²) in [6.07, 6.45) is 6.50. The van der Waals surface area contributed by atoms with Crippen LogP contribution in [0.1, 0.15) is 37.3 Å². The van der Waals surface area contributed by atoms with E-state index in [1.54, 1.807) is 6.08 Å². The first-order valence-electron chi connectivity index (χ1n) is 6.90. The first-order valence-corrected chi connectivity index (χ1v) is 6.90. The summed E-state index contributed by atoms with van der Waals surface area (Å²) in [6, 6.07) is 6.85. The molecule has 3 heteroatoms. The number of carbonyl (C=O) groups is 1. The molecule has 0 amide bonds. The van der Waals surface area contributed by atoms with Gasteiger partial charge in [-0.3, -0.25) is 0 Å². The van der Waals surface area contributed by atoms with Crippen LogP contribution < -0.4 is 4.90 Å². The summed E-state index contributed by atoms with van der Waals surface area (Å²) < 4.78 is 0. The first-order chi connectivity index (χ1) is 9.11. The number of hydrogen-bond acceptors (Lipinski definition) is 2. The lowest BCUT2D eigenvalue weighted by Crippen LogP contribution is -2.29. The van der Waals surface area contributed by atoms with E-state index in [-0.39, 0.29) is 0 Å². The Balaban J connectivity index is 2.36. The second-order valence-electron chi connectivity index (χ2n) is 5.13. The zero-order valence-corrected chi connectivity index (χ0v) is 11.6. The van der Waals surface area contributed by atoms with E-state index in [9.17, 15) is 4.79 Å². The highest BCUT2D eigenvalue weighted by Crippen LogP contribution is 2.31. The quantitative estimate of drug-likeness (QED) is 0.842. The Hall–Kier alpha value is -1.77. The van der Waals surface area contributed by atoms with E-state index in [0.717, 1.165) is 29.8 Å². The number of carboxylic acid groups (broad SMARTS) is 1. The SMILES string of the molecule is CCC1CCCN1c1ccc(C)cc1/C=C/C(=O)O. The van der Waals surface area contributed by atoms with Gasteiger partial charge in [-0.25, -0.2) is 4.79 Å². The summed E-state index contributed by atoms with van der Waals surface area (Å²) in [5.74, 6) is -0.902. The predicted molar refractivity (Wildman–Crippen MR) is 78.5 cm³/mol. The molecule has 0 radical (unpaired) electrons. The fourth-order valence-electron chi connectivity index (χ4n) is 2.81. The van der Waals surface area contributed by atoms with Gasteiger partial charge in [0.2, 0.25) is 0 Å². The Labute approximate surface area is 114 Å². The third-order valence-electron chi connectivity index (χ3n) is 3.75. The average Bonchev–Trinajstić information content (AvgIpc) is 2.84. The molecule has 19 heavy (non-hydrogen) atoms. The van der Waals surface area contributed by atoms with Gasteiger partial charge in [0, 0.05) is 24.4 Å². The number of rotatable bonds is 4. The van der Waals surface area contributed by atoms with Gasteiger partial charge in [0.05, 0.1) is 0 Å². The second kappa shape index (κ2) is 5.91. The van der Waals surface area contributed by atoms with Gasteiger partial charge in [-0.2, -0.15) is 0 Å². The highest BCUT2D eigenvalue weighted by Gasteiger charge is 2.24. The van der Waals surface area contributed by atoms with E-state index >= 15 is 0 Å². The molecule has 2 rings (SSSR count). The minimum Gasteiger partial charge on any atom is -0.478 e. The van der Waals surface area contributed by atoms with Gasteiger partial charge >= 0.3 is 5.97 Å². The standard InChI is InChI=1S/C16H21NO2/c1-3-14-5-4-10-17(14)15-8-6-12(2)11-13(15)7-9-16(18)19/h6-9,11,14H,3-5,10H2,1-2H3,(H,18,19)/b9-7+. The Bertz CT molecular complexity index is 494. The summed E-state index contributed by atoms with van der Waals surface area (Å²) in [7, 11) is 0. The molecular formula is C16H21NO2. The molecule has 0 bridgehead atoms. The lowest BCUT2D eigenvalue weighted by molar-refractivity contribution is -0.131. The van der Waals surface area contributed by atoms with Crippen molar-refractivity contribution < 1.29 is 9.90 Å². The average molecular weight is 259 g/mol. The van der Waals surface area contributed by atoms with Crippen molar-refractivity contribution in [2.45, 2.75) is 39.2 Å². The summed E-state index contributed by atoms with van der Waals surface area (Å²) in [5, 5.41) is 8.80. The largest absolute Gasteiger partial charge is 0.478 e. The van der Waals surface area contributed by atoms with Crippen LogP contribution in [-0.4, -0.2) is 23.7 Å². The molecule has 3 nitrogen and oxygen atoms in total. The topological polar surface area (TPSA) is 40.5 Å². The van der Waals surface area contributed by atoms with Crippen LogP contribution in [0, 0.1) is 6.92 Å². The maximum atomic E-state index is 10.7. The second-order valence-corrected chi connectivity index (χ2v) is 5.13. The predicted octanol–water partition coefficient (Wildman–Crippen LogP) is 3.47. The maximum absolute atomic E-state index is 10.7. The van der Waals surface area contributed by atoms with Crippen molar-refractivity contribution >= 4 is 17.7 Å². The number of nitrogens with zero attached hydrogens (tertiary/aromatic N) is 1. The minimum atomic E-state index is -0.902. The van der Waals surface area contributed by atoms with Crippen LogP contribution >= 0.6 is 0 Å². The molecule has 1 aromatic carbocycles. The molecular weight excluding hydrogens is 238 g/mol. The van der Waals surface area contributed by atoms with E-state index in [0.29, 0.717) is 6.04 Å². The van der Waals surface area contributed by atoms with Gasteiger partial charge in [-0.05, 0) is 50.0 Å². The third kappa shape index (κ3) is 3.16. The van der Waals surface area contributed by atoms with Crippen LogP contribution in [0.15, 0.2) is 24.3 Å². The molecule has 0 saturated carbocycles. The Morgan fingerprint density at radius 2 is 2.32 bits per heavy atom. The molecule has 1 N–H and O–H groups in total. The maximum Gasteiger partial charge on any atom is 0.328 e. The van der Waals surface area contributed by atoms with Gasteiger partial charge in [0.1, 0.15) is 0 Å². The zero-order chi connectivity index (χ0) is 13.8. The Morgan fingerprint density at radius 1 is 1.53 bits per heavy atom. The van der Waals surface area contributed by atoms with Crippen molar-refractivity contribution in [2.24, 2.45) is 0 Å². The summed E-state index contributed by atoms with van der Waals surface area (Å²) in [6.45, 7) is 5.31. The van der Waals surface area contributed by atoms with Gasteiger partial charge < -0.3 is 10.0 Å². The van der Waals surface area contributed by atoms with Crippen LogP contribution in [0.5, 0.6) is 0 Å². The fourth-order valence-corrected chi connectivity index (χ4v) is 2.81. The van der Waals surface area contributed by atoms with Crippen molar-refractivity contribution in [2.75, 3.05) is 11.4 Å². The lowest BCUT2D eigenvalue weighted by Gasteiger charge is -2.27. The molecule has 0 aromatic heterocycles.